The summed E-state index contributed by atoms with van der Waals surface area (Å²) in [5.74, 6) is -0.346. The monoisotopic (exact) mass is 440 g/mol. The van der Waals surface area contributed by atoms with Crippen molar-refractivity contribution in [3.05, 3.63) is 30.1 Å². The van der Waals surface area contributed by atoms with Gasteiger partial charge in [0.2, 0.25) is 21.1 Å². The quantitative estimate of drug-likeness (QED) is 0.621. The van der Waals surface area contributed by atoms with Gasteiger partial charge in [-0.2, -0.15) is 4.31 Å². The normalized spacial score (nSPS) is 18.6. The van der Waals surface area contributed by atoms with Crippen molar-refractivity contribution in [2.75, 3.05) is 31.9 Å². The highest BCUT2D eigenvalue weighted by Gasteiger charge is 2.30. The topological polar surface area (TPSA) is 101 Å². The van der Waals surface area contributed by atoms with Gasteiger partial charge in [0.1, 0.15) is 5.82 Å². The Morgan fingerprint density at radius 2 is 1.90 bits per heavy atom. The molecule has 1 aromatic carbocycles. The molecule has 2 heterocycles. The van der Waals surface area contributed by atoms with E-state index in [4.69, 9.17) is 0 Å². The zero-order chi connectivity index (χ0) is 20.4. The minimum atomic E-state index is -3.71. The highest BCUT2D eigenvalue weighted by Crippen LogP contribution is 2.36. The van der Waals surface area contributed by atoms with Crippen molar-refractivity contribution in [2.24, 2.45) is 0 Å². The lowest BCUT2D eigenvalue weighted by atomic mass is 10.4. The van der Waals surface area contributed by atoms with Crippen LogP contribution in [0.1, 0.15) is 25.3 Å². The molecule has 1 saturated carbocycles. The average Bonchev–Trinajstić information content (AvgIpc) is 3.49. The first-order valence-electron chi connectivity index (χ1n) is 9.39. The third kappa shape index (κ3) is 4.59. The van der Waals surface area contributed by atoms with Gasteiger partial charge in [0.05, 0.1) is 16.7 Å². The minimum absolute atomic E-state index is 0.0566. The van der Waals surface area contributed by atoms with Crippen molar-refractivity contribution in [1.82, 2.24) is 29.4 Å². The highest BCUT2D eigenvalue weighted by atomic mass is 32.2. The zero-order valence-electron chi connectivity index (χ0n) is 15.6. The number of thioether (sulfide) groups is 1. The first-order chi connectivity index (χ1) is 13.9. The number of halogens is 1. The first kappa shape index (κ1) is 20.2. The van der Waals surface area contributed by atoms with Gasteiger partial charge in [-0.25, -0.2) is 17.5 Å². The van der Waals surface area contributed by atoms with Crippen LogP contribution >= 0.6 is 11.8 Å². The van der Waals surface area contributed by atoms with Crippen molar-refractivity contribution in [2.45, 2.75) is 35.4 Å². The minimum Gasteiger partial charge on any atom is -0.341 e. The van der Waals surface area contributed by atoms with E-state index in [9.17, 15) is 17.6 Å². The molecule has 9 nitrogen and oxygen atoms in total. The van der Waals surface area contributed by atoms with E-state index in [2.05, 4.69) is 15.5 Å². The second kappa shape index (κ2) is 8.36. The van der Waals surface area contributed by atoms with E-state index in [0.717, 1.165) is 25.0 Å². The van der Waals surface area contributed by atoms with Gasteiger partial charge in [-0.15, -0.1) is 5.10 Å². The molecular weight excluding hydrogens is 419 g/mol. The van der Waals surface area contributed by atoms with Gasteiger partial charge in [-0.05, 0) is 54.0 Å². The van der Waals surface area contributed by atoms with Crippen LogP contribution in [0.5, 0.6) is 0 Å². The summed E-state index contributed by atoms with van der Waals surface area (Å²) in [6.45, 7) is 1.32. The number of aromatic nitrogens is 4. The molecule has 0 atom stereocenters. The molecule has 0 spiro atoms. The largest absolute Gasteiger partial charge is 0.341 e. The fourth-order valence-corrected chi connectivity index (χ4v) is 5.50. The van der Waals surface area contributed by atoms with Gasteiger partial charge >= 0.3 is 0 Å². The molecule has 1 aromatic heterocycles. The molecule has 0 radical (unpaired) electrons. The van der Waals surface area contributed by atoms with Crippen molar-refractivity contribution >= 4 is 27.7 Å². The van der Waals surface area contributed by atoms with Crippen molar-refractivity contribution < 1.29 is 17.6 Å². The molecular formula is C17H21FN6O3S2. The Morgan fingerprint density at radius 3 is 2.62 bits per heavy atom. The van der Waals surface area contributed by atoms with Crippen LogP contribution in [-0.2, 0) is 14.8 Å². The lowest BCUT2D eigenvalue weighted by molar-refractivity contribution is -0.128. The van der Waals surface area contributed by atoms with Crippen LogP contribution in [0.2, 0.25) is 0 Å². The number of hydrogen-bond donors (Lipinski definition) is 0. The summed E-state index contributed by atoms with van der Waals surface area (Å²) in [4.78, 5) is 14.4. The summed E-state index contributed by atoms with van der Waals surface area (Å²) in [5, 5.41) is 12.3. The van der Waals surface area contributed by atoms with Gasteiger partial charge < -0.3 is 4.90 Å². The number of carbonyl (C=O) groups is 1. The molecule has 29 heavy (non-hydrogen) atoms. The molecule has 1 aliphatic carbocycles. The molecule has 1 saturated heterocycles. The zero-order valence-corrected chi connectivity index (χ0v) is 17.3. The van der Waals surface area contributed by atoms with Crippen LogP contribution in [0.25, 0.3) is 0 Å². The second-order valence-corrected chi connectivity index (χ2v) is 9.90. The van der Waals surface area contributed by atoms with Crippen molar-refractivity contribution in [3.63, 3.8) is 0 Å². The molecule has 0 N–H and O–H groups in total. The van der Waals surface area contributed by atoms with E-state index in [1.54, 1.807) is 9.58 Å². The number of benzene rings is 1. The Morgan fingerprint density at radius 1 is 1.14 bits per heavy atom. The molecule has 1 aliphatic heterocycles. The van der Waals surface area contributed by atoms with E-state index in [1.165, 1.54) is 28.2 Å². The molecule has 156 valence electrons. The smallest absolute Gasteiger partial charge is 0.243 e. The van der Waals surface area contributed by atoms with E-state index in [-0.39, 0.29) is 23.1 Å². The SMILES string of the molecule is O=C(CSc1nnnn1C1CC1)N1CCCN(S(=O)(=O)c2ccc(F)cc2)CC1. The van der Waals surface area contributed by atoms with Gasteiger partial charge in [0.25, 0.3) is 0 Å². The van der Waals surface area contributed by atoms with E-state index >= 15 is 0 Å². The summed E-state index contributed by atoms with van der Waals surface area (Å²) in [6, 6.07) is 5.13. The Balaban J connectivity index is 1.35. The molecule has 12 heteroatoms. The lowest BCUT2D eigenvalue weighted by Gasteiger charge is -2.22. The second-order valence-electron chi connectivity index (χ2n) is 7.02. The van der Waals surface area contributed by atoms with Crippen LogP contribution in [0, 0.1) is 5.82 Å². The van der Waals surface area contributed by atoms with Crippen molar-refractivity contribution in [1.29, 1.82) is 0 Å². The number of nitrogens with zero attached hydrogens (tertiary/aromatic N) is 6. The standard InChI is InChI=1S/C17H21FN6O3S2/c18-13-2-6-15(7-3-13)29(26,27)23-9-1-8-22(10-11-23)16(25)12-28-17-19-20-21-24(17)14-4-5-14/h2-3,6-7,14H,1,4-5,8-12H2. The number of tetrazole rings is 1. The lowest BCUT2D eigenvalue weighted by Crippen LogP contribution is -2.38. The Hall–Kier alpha value is -2.05. The third-order valence-corrected chi connectivity index (χ3v) is 7.77. The highest BCUT2D eigenvalue weighted by molar-refractivity contribution is 7.99. The van der Waals surface area contributed by atoms with Crippen LogP contribution in [-0.4, -0.2) is 75.7 Å². The third-order valence-electron chi connectivity index (χ3n) is 4.94. The Kier molecular flexibility index (Phi) is 5.83. The predicted octanol–water partition coefficient (Wildman–Crippen LogP) is 1.16. The van der Waals surface area contributed by atoms with Gasteiger partial charge in [0, 0.05) is 26.2 Å². The fourth-order valence-electron chi connectivity index (χ4n) is 3.19. The molecule has 0 bridgehead atoms. The molecule has 4 rings (SSSR count). The Bertz CT molecular complexity index is 977. The Labute approximate surface area is 172 Å². The number of hydrogen-bond acceptors (Lipinski definition) is 7. The van der Waals surface area contributed by atoms with Gasteiger partial charge in [-0.1, -0.05) is 11.8 Å². The van der Waals surface area contributed by atoms with Crippen LogP contribution < -0.4 is 0 Å². The van der Waals surface area contributed by atoms with Crippen molar-refractivity contribution in [3.8, 4) is 0 Å². The maximum Gasteiger partial charge on any atom is 0.243 e. The maximum absolute atomic E-state index is 13.1. The average molecular weight is 441 g/mol. The maximum atomic E-state index is 13.1. The molecule has 2 fully saturated rings. The number of sulfonamides is 1. The van der Waals surface area contributed by atoms with E-state index in [0.29, 0.717) is 37.3 Å². The fraction of sp³-hybridized carbons (Fsp3) is 0.529. The summed E-state index contributed by atoms with van der Waals surface area (Å²) >= 11 is 1.30. The van der Waals surface area contributed by atoms with Crippen LogP contribution in [0.3, 0.4) is 0 Å². The predicted molar refractivity (Wildman–Crippen MR) is 103 cm³/mol. The van der Waals surface area contributed by atoms with E-state index < -0.39 is 15.8 Å². The summed E-state index contributed by atoms with van der Waals surface area (Å²) in [5.41, 5.74) is 0. The molecule has 1 amide bonds. The first-order valence-corrected chi connectivity index (χ1v) is 11.8. The number of rotatable bonds is 6. The summed E-state index contributed by atoms with van der Waals surface area (Å²) in [7, 11) is -3.71. The van der Waals surface area contributed by atoms with Gasteiger partial charge in [-0.3, -0.25) is 4.79 Å². The van der Waals surface area contributed by atoms with Crippen LogP contribution in [0.4, 0.5) is 4.39 Å². The van der Waals surface area contributed by atoms with Gasteiger partial charge in [0.15, 0.2) is 0 Å². The molecule has 2 aromatic rings. The number of amides is 1. The summed E-state index contributed by atoms with van der Waals surface area (Å²) < 4.78 is 41.8. The van der Waals surface area contributed by atoms with Crippen LogP contribution in [0.15, 0.2) is 34.3 Å². The molecule has 0 unspecified atom stereocenters. The summed E-state index contributed by atoms with van der Waals surface area (Å²) in [6.07, 6.45) is 2.64. The molecule has 2 aliphatic rings. The number of carbonyl (C=O) groups excluding carboxylic acids is 1. The van der Waals surface area contributed by atoms with E-state index in [1.807, 2.05) is 0 Å².